The molecule has 1 aliphatic carbocycles. The van der Waals surface area contributed by atoms with Crippen molar-refractivity contribution >= 4 is 11.4 Å². The van der Waals surface area contributed by atoms with Crippen molar-refractivity contribution in [3.05, 3.63) is 35.4 Å². The molecule has 1 heterocycles. The molecule has 2 aliphatic rings. The Morgan fingerprint density at radius 2 is 1.90 bits per heavy atom. The number of hydrogen-bond donors (Lipinski definition) is 2. The van der Waals surface area contributed by atoms with Gasteiger partial charge in [0, 0.05) is 16.8 Å². The predicted octanol–water partition coefficient (Wildman–Crippen LogP) is 2.71. The molecule has 0 aromatic heterocycles. The van der Waals surface area contributed by atoms with Gasteiger partial charge in [0.2, 0.25) is 0 Å². The molecule has 1 spiro atoms. The van der Waals surface area contributed by atoms with Gasteiger partial charge in [-0.05, 0) is 64.3 Å². The number of hydrogen-bond acceptors (Lipinski definition) is 3. The number of nitrogens with one attached hydrogen (secondary N) is 2. The third kappa shape index (κ3) is 2.87. The molecule has 0 radical (unpaired) electrons. The Bertz CT molecular complexity index is 506. The van der Waals surface area contributed by atoms with Crippen LogP contribution < -0.4 is 10.0 Å². The molecule has 0 bridgehead atoms. The summed E-state index contributed by atoms with van der Waals surface area (Å²) in [6.07, 6.45) is 3.42. The Kier molecular flexibility index (Phi) is 4.08. The molecule has 0 unspecified atom stereocenters. The van der Waals surface area contributed by atoms with Crippen LogP contribution in [-0.2, 0) is 17.8 Å². The number of fused-ring (bicyclic) bond motifs is 1. The Morgan fingerprint density at radius 1 is 1.24 bits per heavy atom. The summed E-state index contributed by atoms with van der Waals surface area (Å²) in [4.78, 5) is 0. The lowest BCUT2D eigenvalue weighted by Gasteiger charge is -2.40. The molecular formula is C17H26N2OS. The topological polar surface area (TPSA) is 47.1 Å². The van der Waals surface area contributed by atoms with Crippen LogP contribution in [0.25, 0.3) is 0 Å². The first-order valence-electron chi connectivity index (χ1n) is 7.89. The molecule has 2 N–H and O–H groups in total. The maximum atomic E-state index is 12.6. The van der Waals surface area contributed by atoms with Crippen LogP contribution >= 0.6 is 0 Å². The summed E-state index contributed by atoms with van der Waals surface area (Å²) >= 11 is -1.03. The van der Waals surface area contributed by atoms with Crippen molar-refractivity contribution in [1.29, 1.82) is 0 Å². The van der Waals surface area contributed by atoms with Crippen LogP contribution in [0, 0.1) is 5.41 Å². The molecule has 1 aromatic carbocycles. The predicted molar refractivity (Wildman–Crippen MR) is 88.5 cm³/mol. The summed E-state index contributed by atoms with van der Waals surface area (Å²) in [6, 6.07) is 8.89. The first kappa shape index (κ1) is 15.3. The lowest BCUT2D eigenvalue weighted by atomic mass is 9.73. The Labute approximate surface area is 131 Å². The van der Waals surface area contributed by atoms with Crippen molar-refractivity contribution in [2.75, 3.05) is 13.1 Å². The summed E-state index contributed by atoms with van der Waals surface area (Å²) in [7, 11) is 0. The zero-order valence-corrected chi connectivity index (χ0v) is 14.1. The largest absolute Gasteiger partial charge is 0.598 e. The van der Waals surface area contributed by atoms with Crippen molar-refractivity contribution in [2.24, 2.45) is 5.41 Å². The van der Waals surface area contributed by atoms with E-state index in [-0.39, 0.29) is 16.2 Å². The van der Waals surface area contributed by atoms with E-state index in [0.717, 1.165) is 32.4 Å². The van der Waals surface area contributed by atoms with Crippen molar-refractivity contribution in [2.45, 2.75) is 50.8 Å². The maximum absolute atomic E-state index is 12.6. The molecule has 1 aliphatic heterocycles. The van der Waals surface area contributed by atoms with Crippen molar-refractivity contribution in [3.63, 3.8) is 0 Å². The van der Waals surface area contributed by atoms with E-state index in [4.69, 9.17) is 0 Å². The van der Waals surface area contributed by atoms with Gasteiger partial charge in [-0.1, -0.05) is 24.3 Å². The smallest absolute Gasteiger partial charge is 0.136 e. The highest BCUT2D eigenvalue weighted by Crippen LogP contribution is 2.51. The molecule has 1 aromatic rings. The first-order valence-corrected chi connectivity index (χ1v) is 9.04. The van der Waals surface area contributed by atoms with Crippen LogP contribution in [-0.4, -0.2) is 22.4 Å². The lowest BCUT2D eigenvalue weighted by Crippen LogP contribution is -2.48. The second kappa shape index (κ2) is 5.58. The van der Waals surface area contributed by atoms with E-state index in [9.17, 15) is 4.55 Å². The van der Waals surface area contributed by atoms with Crippen LogP contribution in [0.15, 0.2) is 24.3 Å². The second-order valence-corrected chi connectivity index (χ2v) is 9.42. The molecule has 3 nitrogen and oxygen atoms in total. The Morgan fingerprint density at radius 3 is 2.57 bits per heavy atom. The zero-order chi connectivity index (χ0) is 15.1. The third-order valence-electron chi connectivity index (χ3n) is 4.90. The van der Waals surface area contributed by atoms with Crippen LogP contribution in [0.1, 0.15) is 50.8 Å². The quantitative estimate of drug-likeness (QED) is 0.826. The van der Waals surface area contributed by atoms with Gasteiger partial charge in [-0.3, -0.25) is 0 Å². The number of piperidine rings is 1. The normalized spacial score (nSPS) is 25.8. The number of benzene rings is 1. The molecule has 116 valence electrons. The summed E-state index contributed by atoms with van der Waals surface area (Å²) < 4.78 is 15.9. The van der Waals surface area contributed by atoms with Gasteiger partial charge in [-0.15, -0.1) is 4.72 Å². The van der Waals surface area contributed by atoms with Gasteiger partial charge >= 0.3 is 0 Å². The van der Waals surface area contributed by atoms with Gasteiger partial charge < -0.3 is 9.87 Å². The fourth-order valence-corrected chi connectivity index (χ4v) is 4.60. The average molecular weight is 306 g/mol. The van der Waals surface area contributed by atoms with E-state index < -0.39 is 11.4 Å². The van der Waals surface area contributed by atoms with E-state index in [0.29, 0.717) is 0 Å². The van der Waals surface area contributed by atoms with E-state index in [2.05, 4.69) is 34.3 Å². The molecule has 0 saturated carbocycles. The Hall–Kier alpha value is -0.550. The van der Waals surface area contributed by atoms with E-state index in [1.54, 1.807) is 0 Å². The molecule has 0 amide bonds. The zero-order valence-electron chi connectivity index (χ0n) is 13.2. The van der Waals surface area contributed by atoms with Gasteiger partial charge in [0.1, 0.15) is 4.75 Å². The van der Waals surface area contributed by atoms with E-state index in [1.807, 2.05) is 20.8 Å². The molecular weight excluding hydrogens is 280 g/mol. The fraction of sp³-hybridized carbons (Fsp3) is 0.647. The van der Waals surface area contributed by atoms with Gasteiger partial charge in [-0.25, -0.2) is 0 Å². The summed E-state index contributed by atoms with van der Waals surface area (Å²) in [5.41, 5.74) is 3.02. The van der Waals surface area contributed by atoms with Crippen LogP contribution in [0.3, 0.4) is 0 Å². The molecule has 4 heteroatoms. The van der Waals surface area contributed by atoms with E-state index in [1.165, 1.54) is 11.1 Å². The number of rotatable bonds is 2. The third-order valence-corrected chi connectivity index (χ3v) is 6.46. The highest BCUT2D eigenvalue weighted by atomic mass is 32.2. The second-order valence-electron chi connectivity index (χ2n) is 7.42. The Balaban J connectivity index is 1.92. The minimum Gasteiger partial charge on any atom is -0.598 e. The van der Waals surface area contributed by atoms with Gasteiger partial charge in [-0.2, -0.15) is 0 Å². The van der Waals surface area contributed by atoms with Gasteiger partial charge in [0.05, 0.1) is 6.04 Å². The molecule has 3 rings (SSSR count). The summed E-state index contributed by atoms with van der Waals surface area (Å²) in [6.45, 7) is 8.23. The average Bonchev–Trinajstić information content (AvgIpc) is 2.72. The lowest BCUT2D eigenvalue weighted by molar-refractivity contribution is 0.163. The monoisotopic (exact) mass is 306 g/mol. The molecule has 1 fully saturated rings. The van der Waals surface area contributed by atoms with Gasteiger partial charge in [0.25, 0.3) is 0 Å². The first-order chi connectivity index (χ1) is 9.92. The van der Waals surface area contributed by atoms with Crippen molar-refractivity contribution < 1.29 is 4.55 Å². The van der Waals surface area contributed by atoms with Crippen LogP contribution in [0.2, 0.25) is 0 Å². The van der Waals surface area contributed by atoms with Crippen molar-refractivity contribution in [1.82, 2.24) is 10.0 Å². The minimum absolute atomic E-state index is 0.218. The van der Waals surface area contributed by atoms with Gasteiger partial charge in [0.15, 0.2) is 0 Å². The standard InChI is InChI=1S/C17H26N2OS/c1-16(2,3)21(20)19-15-14-7-5-4-6-13(14)12-17(15)8-10-18-11-9-17/h4-7,15,18-19H,8-12H2,1-3H3/t15-,21+/m1/s1. The van der Waals surface area contributed by atoms with E-state index >= 15 is 0 Å². The summed E-state index contributed by atoms with van der Waals surface area (Å²) in [5.74, 6) is 0. The fourth-order valence-electron chi connectivity index (χ4n) is 3.65. The minimum atomic E-state index is -1.03. The van der Waals surface area contributed by atoms with Crippen molar-refractivity contribution in [3.8, 4) is 0 Å². The maximum Gasteiger partial charge on any atom is 0.136 e. The SMILES string of the molecule is CC(C)(C)[S@+]([O-])N[C@@H]1c2ccccc2CC12CCNCC2. The highest BCUT2D eigenvalue weighted by molar-refractivity contribution is 7.90. The summed E-state index contributed by atoms with van der Waals surface area (Å²) in [5, 5.41) is 3.46. The molecule has 21 heavy (non-hydrogen) atoms. The van der Waals surface area contributed by atoms with Crippen LogP contribution in [0.5, 0.6) is 0 Å². The molecule has 1 saturated heterocycles. The van der Waals surface area contributed by atoms with Crippen LogP contribution in [0.4, 0.5) is 0 Å². The molecule has 2 atom stereocenters. The highest BCUT2D eigenvalue weighted by Gasteiger charge is 2.49.